The lowest BCUT2D eigenvalue weighted by atomic mass is 9.94. The summed E-state index contributed by atoms with van der Waals surface area (Å²) < 4.78 is 1.82. The lowest BCUT2D eigenvalue weighted by molar-refractivity contribution is 1.02. The number of aromatic nitrogens is 2. The number of nitrogens with zero attached hydrogens (tertiary/aromatic N) is 2. The van der Waals surface area contributed by atoms with Gasteiger partial charge in [-0.2, -0.15) is 0 Å². The molecule has 0 spiro atoms. The van der Waals surface area contributed by atoms with Crippen molar-refractivity contribution >= 4 is 10.8 Å². The second kappa shape index (κ2) is 7.45. The van der Waals surface area contributed by atoms with Crippen LogP contribution in [0.2, 0.25) is 0 Å². The summed E-state index contributed by atoms with van der Waals surface area (Å²) in [6, 6.07) is 30.3. The van der Waals surface area contributed by atoms with Crippen LogP contribution in [-0.2, 0) is 0 Å². The molecule has 5 rings (SSSR count). The Kier molecular flexibility index (Phi) is 4.49. The number of fused-ring (bicyclic) bond motifs is 1. The average Bonchev–Trinajstić information content (AvgIpc) is 2.81. The highest BCUT2D eigenvalue weighted by atomic mass is 16.1. The van der Waals surface area contributed by atoms with Gasteiger partial charge < -0.3 is 0 Å². The van der Waals surface area contributed by atoms with Crippen molar-refractivity contribution in [1.29, 1.82) is 0 Å². The van der Waals surface area contributed by atoms with E-state index in [-0.39, 0.29) is 5.56 Å². The van der Waals surface area contributed by atoms with E-state index in [4.69, 9.17) is 0 Å². The lowest BCUT2D eigenvalue weighted by Gasteiger charge is -2.20. The number of aryl methyl sites for hydroxylation is 1. The van der Waals surface area contributed by atoms with Crippen LogP contribution in [0.5, 0.6) is 0 Å². The molecule has 0 fully saturated rings. The molecule has 30 heavy (non-hydrogen) atoms. The van der Waals surface area contributed by atoms with E-state index in [1.807, 2.05) is 78.2 Å². The van der Waals surface area contributed by atoms with Gasteiger partial charge in [-0.25, -0.2) is 0 Å². The molecule has 0 amide bonds. The number of rotatable bonds is 3. The third-order valence-corrected chi connectivity index (χ3v) is 5.39. The smallest absolute Gasteiger partial charge is 0.265 e. The molecule has 0 bridgehead atoms. The van der Waals surface area contributed by atoms with Gasteiger partial charge in [0.05, 0.1) is 11.1 Å². The fraction of sp³-hybridized carbons (Fsp3) is 0.0370. The van der Waals surface area contributed by atoms with Crippen LogP contribution in [0.4, 0.5) is 0 Å². The Morgan fingerprint density at radius 2 is 1.33 bits per heavy atom. The van der Waals surface area contributed by atoms with Crippen LogP contribution in [0, 0.1) is 6.92 Å². The fourth-order valence-corrected chi connectivity index (χ4v) is 3.95. The summed E-state index contributed by atoms with van der Waals surface area (Å²) in [7, 11) is 0. The molecule has 0 saturated heterocycles. The summed E-state index contributed by atoms with van der Waals surface area (Å²) >= 11 is 0. The van der Waals surface area contributed by atoms with Crippen LogP contribution in [0.3, 0.4) is 0 Å². The molecule has 3 heteroatoms. The Morgan fingerprint density at radius 1 is 0.700 bits per heavy atom. The summed E-state index contributed by atoms with van der Waals surface area (Å²) in [5.41, 5.74) is 5.89. The molecule has 0 radical (unpaired) electrons. The normalized spacial score (nSPS) is 11.0. The maximum absolute atomic E-state index is 13.7. The van der Waals surface area contributed by atoms with Gasteiger partial charge in [-0.1, -0.05) is 78.4 Å². The molecule has 3 nitrogen and oxygen atoms in total. The summed E-state index contributed by atoms with van der Waals surface area (Å²) in [6.07, 6.45) is 3.42. The first-order valence-electron chi connectivity index (χ1n) is 9.94. The minimum absolute atomic E-state index is 0.0690. The fourth-order valence-electron chi connectivity index (χ4n) is 3.95. The average molecular weight is 388 g/mol. The van der Waals surface area contributed by atoms with Crippen molar-refractivity contribution in [2.75, 3.05) is 0 Å². The highest BCUT2D eigenvalue weighted by Crippen LogP contribution is 2.37. The maximum Gasteiger partial charge on any atom is 0.265 e. The van der Waals surface area contributed by atoms with Crippen LogP contribution in [0.1, 0.15) is 5.56 Å². The molecule has 2 heterocycles. The van der Waals surface area contributed by atoms with Gasteiger partial charge >= 0.3 is 0 Å². The number of hydrogen-bond acceptors (Lipinski definition) is 2. The Labute approximate surface area is 174 Å². The van der Waals surface area contributed by atoms with Gasteiger partial charge in [-0.15, -0.1) is 0 Å². The second-order valence-electron chi connectivity index (χ2n) is 7.35. The van der Waals surface area contributed by atoms with Crippen LogP contribution in [-0.4, -0.2) is 9.55 Å². The maximum atomic E-state index is 13.7. The number of benzene rings is 3. The SMILES string of the molecule is Cc1ccc(-n2c(-c3ccccc3)c(-c3ccccc3)c3ccncc3c2=O)cc1. The molecule has 0 saturated carbocycles. The van der Waals surface area contributed by atoms with Gasteiger partial charge in [-0.05, 0) is 36.2 Å². The Balaban J connectivity index is 2.02. The first kappa shape index (κ1) is 18.1. The van der Waals surface area contributed by atoms with Crippen molar-refractivity contribution < 1.29 is 0 Å². The van der Waals surface area contributed by atoms with E-state index < -0.39 is 0 Å². The Hall–Kier alpha value is -3.98. The van der Waals surface area contributed by atoms with Crippen LogP contribution in [0.15, 0.2) is 108 Å². The Bertz CT molecular complexity index is 1390. The quantitative estimate of drug-likeness (QED) is 0.378. The van der Waals surface area contributed by atoms with Crippen LogP contribution < -0.4 is 5.56 Å². The van der Waals surface area contributed by atoms with Gasteiger partial charge in [0.25, 0.3) is 5.56 Å². The predicted molar refractivity (Wildman–Crippen MR) is 123 cm³/mol. The number of hydrogen-bond donors (Lipinski definition) is 0. The van der Waals surface area contributed by atoms with E-state index in [1.165, 1.54) is 0 Å². The van der Waals surface area contributed by atoms with E-state index in [0.29, 0.717) is 5.39 Å². The molecule has 2 aromatic heterocycles. The zero-order valence-electron chi connectivity index (χ0n) is 16.6. The highest BCUT2D eigenvalue weighted by Gasteiger charge is 2.20. The topological polar surface area (TPSA) is 34.9 Å². The third kappa shape index (κ3) is 3.01. The van der Waals surface area contributed by atoms with Crippen molar-refractivity contribution in [2.45, 2.75) is 6.92 Å². The van der Waals surface area contributed by atoms with Crippen molar-refractivity contribution in [1.82, 2.24) is 9.55 Å². The standard InChI is InChI=1S/C27H20N2O/c1-19-12-14-22(15-13-19)29-26(21-10-6-3-7-11-21)25(20-8-4-2-5-9-20)23-16-17-28-18-24(23)27(29)30/h2-18H,1H3. The van der Waals surface area contributed by atoms with Crippen molar-refractivity contribution in [3.8, 4) is 28.1 Å². The van der Waals surface area contributed by atoms with Gasteiger partial charge in [0.2, 0.25) is 0 Å². The second-order valence-corrected chi connectivity index (χ2v) is 7.35. The molecule has 0 unspecified atom stereocenters. The summed E-state index contributed by atoms with van der Waals surface area (Å²) in [6.45, 7) is 2.05. The van der Waals surface area contributed by atoms with E-state index in [2.05, 4.69) is 29.2 Å². The zero-order chi connectivity index (χ0) is 20.5. The predicted octanol–water partition coefficient (Wildman–Crippen LogP) is 6.03. The molecule has 144 valence electrons. The van der Waals surface area contributed by atoms with Gasteiger partial charge in [0, 0.05) is 29.0 Å². The summed E-state index contributed by atoms with van der Waals surface area (Å²) in [5, 5.41) is 1.51. The minimum atomic E-state index is -0.0690. The van der Waals surface area contributed by atoms with E-state index in [0.717, 1.165) is 39.0 Å². The molecular formula is C27H20N2O. The molecule has 3 aromatic carbocycles. The molecule has 0 aliphatic carbocycles. The van der Waals surface area contributed by atoms with Crippen LogP contribution >= 0.6 is 0 Å². The molecule has 0 aliphatic heterocycles. The number of pyridine rings is 2. The Morgan fingerprint density at radius 3 is 2.00 bits per heavy atom. The minimum Gasteiger partial charge on any atom is -0.276 e. The van der Waals surface area contributed by atoms with E-state index in [1.54, 1.807) is 12.4 Å². The van der Waals surface area contributed by atoms with Crippen molar-refractivity contribution in [3.63, 3.8) is 0 Å². The lowest BCUT2D eigenvalue weighted by Crippen LogP contribution is -2.21. The zero-order valence-corrected chi connectivity index (χ0v) is 16.6. The van der Waals surface area contributed by atoms with E-state index >= 15 is 0 Å². The molecule has 0 atom stereocenters. The first-order valence-corrected chi connectivity index (χ1v) is 9.94. The van der Waals surface area contributed by atoms with Gasteiger partial charge in [0.1, 0.15) is 0 Å². The molecule has 0 N–H and O–H groups in total. The largest absolute Gasteiger partial charge is 0.276 e. The molecule has 0 aliphatic rings. The highest BCUT2D eigenvalue weighted by molar-refractivity contribution is 6.02. The van der Waals surface area contributed by atoms with Crippen LogP contribution in [0.25, 0.3) is 38.8 Å². The first-order chi connectivity index (χ1) is 14.7. The monoisotopic (exact) mass is 388 g/mol. The van der Waals surface area contributed by atoms with Crippen molar-refractivity contribution in [3.05, 3.63) is 119 Å². The third-order valence-electron chi connectivity index (χ3n) is 5.39. The van der Waals surface area contributed by atoms with Gasteiger partial charge in [-0.3, -0.25) is 14.3 Å². The summed E-state index contributed by atoms with van der Waals surface area (Å²) in [4.78, 5) is 18.0. The van der Waals surface area contributed by atoms with E-state index in [9.17, 15) is 4.79 Å². The molecular weight excluding hydrogens is 368 g/mol. The van der Waals surface area contributed by atoms with Crippen molar-refractivity contribution in [2.24, 2.45) is 0 Å². The molecule has 5 aromatic rings. The summed E-state index contributed by atoms with van der Waals surface area (Å²) in [5.74, 6) is 0. The van der Waals surface area contributed by atoms with Gasteiger partial charge in [0.15, 0.2) is 0 Å².